The Balaban J connectivity index is 1.47. The predicted octanol–water partition coefficient (Wildman–Crippen LogP) is 1.69. The number of amides is 3. The number of nitrogens with one attached hydrogen (secondary N) is 3. The summed E-state index contributed by atoms with van der Waals surface area (Å²) in [7, 11) is -3.40. The summed E-state index contributed by atoms with van der Waals surface area (Å²) < 4.78 is 37.7. The quantitative estimate of drug-likeness (QED) is 0.659. The molecule has 3 amide bonds. The van der Waals surface area contributed by atoms with Crippen LogP contribution in [0.1, 0.15) is 27.5 Å². The molecule has 28 heavy (non-hydrogen) atoms. The van der Waals surface area contributed by atoms with E-state index in [2.05, 4.69) is 16.0 Å². The molecule has 0 aliphatic carbocycles. The van der Waals surface area contributed by atoms with Gasteiger partial charge >= 0.3 is 6.03 Å². The van der Waals surface area contributed by atoms with Crippen LogP contribution in [0.3, 0.4) is 0 Å². The minimum Gasteiger partial charge on any atom is -0.350 e. The van der Waals surface area contributed by atoms with E-state index in [4.69, 9.17) is 0 Å². The molecule has 0 aromatic heterocycles. The number of urea groups is 1. The number of benzene rings is 2. The molecule has 2 aromatic carbocycles. The standard InChI is InChI=1S/C19H20FN3O4S/c1-12-6-7-13(10-15(12)20)18(24)21-8-9-22-19(25)23-16-11-28(26,27)17-5-3-2-4-14(16)17/h2-7,10,16H,8-9,11H2,1H3,(H,21,24)(H2,22,23,25). The maximum absolute atomic E-state index is 13.5. The predicted molar refractivity (Wildman–Crippen MR) is 101 cm³/mol. The lowest BCUT2D eigenvalue weighted by atomic mass is 10.1. The first-order valence-electron chi connectivity index (χ1n) is 8.68. The first-order valence-corrected chi connectivity index (χ1v) is 10.3. The molecule has 0 saturated heterocycles. The van der Waals surface area contributed by atoms with E-state index >= 15 is 0 Å². The van der Waals surface area contributed by atoms with Crippen molar-refractivity contribution < 1.29 is 22.4 Å². The number of hydrogen-bond donors (Lipinski definition) is 3. The number of carbonyl (C=O) groups excluding carboxylic acids is 2. The zero-order valence-electron chi connectivity index (χ0n) is 15.2. The number of aryl methyl sites for hydroxylation is 1. The molecule has 2 aromatic rings. The van der Waals surface area contributed by atoms with Crippen LogP contribution in [-0.4, -0.2) is 39.2 Å². The molecule has 1 atom stereocenters. The zero-order valence-corrected chi connectivity index (χ0v) is 16.0. The van der Waals surface area contributed by atoms with E-state index in [1.165, 1.54) is 18.2 Å². The maximum Gasteiger partial charge on any atom is 0.315 e. The van der Waals surface area contributed by atoms with E-state index in [1.807, 2.05) is 0 Å². The van der Waals surface area contributed by atoms with Gasteiger partial charge in [-0.1, -0.05) is 24.3 Å². The van der Waals surface area contributed by atoms with E-state index < -0.39 is 33.6 Å². The summed E-state index contributed by atoms with van der Waals surface area (Å²) in [5.74, 6) is -1.09. The van der Waals surface area contributed by atoms with Gasteiger partial charge in [-0.25, -0.2) is 17.6 Å². The van der Waals surface area contributed by atoms with E-state index in [1.54, 1.807) is 25.1 Å². The van der Waals surface area contributed by atoms with Gasteiger partial charge in [-0.05, 0) is 36.2 Å². The van der Waals surface area contributed by atoms with Gasteiger partial charge in [-0.2, -0.15) is 0 Å². The van der Waals surface area contributed by atoms with Crippen molar-refractivity contribution in [2.75, 3.05) is 18.8 Å². The van der Waals surface area contributed by atoms with Crippen LogP contribution in [0.2, 0.25) is 0 Å². The Morgan fingerprint density at radius 2 is 1.82 bits per heavy atom. The van der Waals surface area contributed by atoms with Crippen LogP contribution in [0.4, 0.5) is 9.18 Å². The van der Waals surface area contributed by atoms with Crippen molar-refractivity contribution in [1.82, 2.24) is 16.0 Å². The van der Waals surface area contributed by atoms with Gasteiger partial charge in [0.25, 0.3) is 5.91 Å². The van der Waals surface area contributed by atoms with Crippen LogP contribution in [-0.2, 0) is 9.84 Å². The highest BCUT2D eigenvalue weighted by Crippen LogP contribution is 2.32. The molecule has 3 rings (SSSR count). The van der Waals surface area contributed by atoms with E-state index in [-0.39, 0.29) is 29.3 Å². The Morgan fingerprint density at radius 3 is 2.57 bits per heavy atom. The molecule has 9 heteroatoms. The highest BCUT2D eigenvalue weighted by atomic mass is 32.2. The molecule has 1 heterocycles. The van der Waals surface area contributed by atoms with Crippen molar-refractivity contribution in [1.29, 1.82) is 0 Å². The summed E-state index contributed by atoms with van der Waals surface area (Å²) in [6.07, 6.45) is 0. The molecule has 3 N–H and O–H groups in total. The third-order valence-electron chi connectivity index (χ3n) is 4.45. The molecule has 1 aliphatic rings. The highest BCUT2D eigenvalue weighted by Gasteiger charge is 2.35. The second kappa shape index (κ2) is 7.97. The lowest BCUT2D eigenvalue weighted by Crippen LogP contribution is -2.42. The summed E-state index contributed by atoms with van der Waals surface area (Å²) in [6, 6.07) is 9.59. The molecule has 1 aliphatic heterocycles. The average molecular weight is 405 g/mol. The molecule has 0 fully saturated rings. The molecule has 0 spiro atoms. The molecule has 0 radical (unpaired) electrons. The number of halogens is 1. The minimum atomic E-state index is -3.40. The van der Waals surface area contributed by atoms with Crippen molar-refractivity contribution in [2.24, 2.45) is 0 Å². The van der Waals surface area contributed by atoms with Crippen LogP contribution < -0.4 is 16.0 Å². The first-order chi connectivity index (χ1) is 13.3. The Morgan fingerprint density at radius 1 is 1.11 bits per heavy atom. The van der Waals surface area contributed by atoms with Crippen molar-refractivity contribution in [2.45, 2.75) is 17.9 Å². The minimum absolute atomic E-state index is 0.132. The van der Waals surface area contributed by atoms with Gasteiger partial charge in [0.05, 0.1) is 16.7 Å². The van der Waals surface area contributed by atoms with Crippen LogP contribution in [0.15, 0.2) is 47.4 Å². The van der Waals surface area contributed by atoms with Crippen molar-refractivity contribution in [3.8, 4) is 0 Å². The smallest absolute Gasteiger partial charge is 0.315 e. The molecule has 1 unspecified atom stereocenters. The van der Waals surface area contributed by atoms with E-state index in [0.29, 0.717) is 11.1 Å². The summed E-state index contributed by atoms with van der Waals surface area (Å²) in [4.78, 5) is 24.2. The van der Waals surface area contributed by atoms with Crippen molar-refractivity contribution in [3.05, 3.63) is 65.0 Å². The Kier molecular flexibility index (Phi) is 5.64. The van der Waals surface area contributed by atoms with Crippen LogP contribution in [0.5, 0.6) is 0 Å². The lowest BCUT2D eigenvalue weighted by Gasteiger charge is -2.14. The lowest BCUT2D eigenvalue weighted by molar-refractivity contribution is 0.0953. The van der Waals surface area contributed by atoms with Gasteiger partial charge < -0.3 is 16.0 Å². The summed E-state index contributed by atoms with van der Waals surface area (Å²) in [6.45, 7) is 1.88. The SMILES string of the molecule is Cc1ccc(C(=O)NCCNC(=O)NC2CS(=O)(=O)c3ccccc32)cc1F. The Labute approximate surface area is 162 Å². The second-order valence-electron chi connectivity index (χ2n) is 6.49. The fourth-order valence-corrected chi connectivity index (χ4v) is 4.70. The number of sulfone groups is 1. The summed E-state index contributed by atoms with van der Waals surface area (Å²) >= 11 is 0. The molecule has 0 bridgehead atoms. The first kappa shape index (κ1) is 19.8. The van der Waals surface area contributed by atoms with Crippen LogP contribution in [0.25, 0.3) is 0 Å². The summed E-state index contributed by atoms with van der Waals surface area (Å²) in [5.41, 5.74) is 1.21. The zero-order chi connectivity index (χ0) is 20.3. The number of hydrogen-bond acceptors (Lipinski definition) is 4. The molecule has 148 valence electrons. The van der Waals surface area contributed by atoms with E-state index in [0.717, 1.165) is 6.07 Å². The number of rotatable bonds is 5. The summed E-state index contributed by atoms with van der Waals surface area (Å²) in [5, 5.41) is 7.77. The molecular weight excluding hydrogens is 385 g/mol. The second-order valence-corrected chi connectivity index (χ2v) is 8.49. The number of fused-ring (bicyclic) bond motifs is 1. The van der Waals surface area contributed by atoms with E-state index in [9.17, 15) is 22.4 Å². The maximum atomic E-state index is 13.5. The fourth-order valence-electron chi connectivity index (χ4n) is 2.97. The van der Waals surface area contributed by atoms with Gasteiger partial charge in [0.2, 0.25) is 0 Å². The van der Waals surface area contributed by atoms with Gasteiger partial charge in [-0.3, -0.25) is 4.79 Å². The van der Waals surface area contributed by atoms with Gasteiger partial charge in [0.1, 0.15) is 5.82 Å². The Hall–Kier alpha value is -2.94. The third-order valence-corrected chi connectivity index (χ3v) is 6.27. The van der Waals surface area contributed by atoms with Crippen molar-refractivity contribution in [3.63, 3.8) is 0 Å². The topological polar surface area (TPSA) is 104 Å². The average Bonchev–Trinajstić information content (AvgIpc) is 2.91. The van der Waals surface area contributed by atoms with Crippen molar-refractivity contribution >= 4 is 21.8 Å². The van der Waals surface area contributed by atoms with Gasteiger partial charge in [0.15, 0.2) is 9.84 Å². The van der Waals surface area contributed by atoms with Gasteiger partial charge in [0, 0.05) is 18.7 Å². The highest BCUT2D eigenvalue weighted by molar-refractivity contribution is 7.91. The monoisotopic (exact) mass is 405 g/mol. The molecule has 0 saturated carbocycles. The molecule has 7 nitrogen and oxygen atoms in total. The Bertz CT molecular complexity index is 1020. The number of carbonyl (C=O) groups is 2. The largest absolute Gasteiger partial charge is 0.350 e. The third kappa shape index (κ3) is 4.30. The molecular formula is C19H20FN3O4S. The fraction of sp³-hybridized carbons (Fsp3) is 0.263. The van der Waals surface area contributed by atoms with Gasteiger partial charge in [-0.15, -0.1) is 0 Å². The normalized spacial score (nSPS) is 16.9. The van der Waals surface area contributed by atoms with Crippen LogP contribution in [0, 0.1) is 12.7 Å². The van der Waals surface area contributed by atoms with Crippen LogP contribution >= 0.6 is 0 Å².